The molecule has 1 aromatic carbocycles. The molecule has 0 unspecified atom stereocenters. The van der Waals surface area contributed by atoms with E-state index in [2.05, 4.69) is 64.0 Å². The van der Waals surface area contributed by atoms with E-state index in [1.165, 1.54) is 16.0 Å². The highest BCUT2D eigenvalue weighted by Gasteiger charge is 2.33. The number of hydrogen-bond acceptors (Lipinski definition) is 4. The van der Waals surface area contributed by atoms with Crippen molar-refractivity contribution in [2.24, 2.45) is 18.7 Å². The minimum Gasteiger partial charge on any atom is -0.330 e. The summed E-state index contributed by atoms with van der Waals surface area (Å²) in [6, 6.07) is 15.0. The maximum atomic E-state index is 6.09. The monoisotopic (exact) mass is 352 g/mol. The van der Waals surface area contributed by atoms with Crippen LogP contribution in [0.15, 0.2) is 54.0 Å². The summed E-state index contributed by atoms with van der Waals surface area (Å²) < 4.78 is 1.93. The highest BCUT2D eigenvalue weighted by Crippen LogP contribution is 2.34. The summed E-state index contributed by atoms with van der Waals surface area (Å²) in [5.41, 5.74) is 9.91. The maximum absolute atomic E-state index is 6.09. The molecule has 130 valence electrons. The number of benzene rings is 1. The quantitative estimate of drug-likeness (QED) is 0.766. The minimum absolute atomic E-state index is 0.518. The number of nitrogens with zero attached hydrogens (tertiary/aromatic N) is 3. The third kappa shape index (κ3) is 3.40. The smallest absolute Gasteiger partial charge is 0.107 e. The van der Waals surface area contributed by atoms with Crippen molar-refractivity contribution in [1.82, 2.24) is 14.7 Å². The van der Waals surface area contributed by atoms with Gasteiger partial charge in [-0.25, -0.2) is 0 Å². The van der Waals surface area contributed by atoms with Crippen LogP contribution in [-0.2, 0) is 13.6 Å². The van der Waals surface area contributed by atoms with Crippen molar-refractivity contribution in [3.05, 3.63) is 65.2 Å². The Bertz CT molecular complexity index is 810. The first-order valence-electron chi connectivity index (χ1n) is 8.78. The van der Waals surface area contributed by atoms with E-state index in [1.807, 2.05) is 11.7 Å². The fourth-order valence-corrected chi connectivity index (χ4v) is 4.67. The molecule has 1 fully saturated rings. The summed E-state index contributed by atoms with van der Waals surface area (Å²) in [4.78, 5) is 3.77. The molecule has 2 atom stereocenters. The van der Waals surface area contributed by atoms with E-state index in [4.69, 9.17) is 5.73 Å². The van der Waals surface area contributed by atoms with Gasteiger partial charge in [0.25, 0.3) is 0 Å². The second-order valence-corrected chi connectivity index (χ2v) is 7.81. The van der Waals surface area contributed by atoms with E-state index >= 15 is 0 Å². The van der Waals surface area contributed by atoms with Gasteiger partial charge in [-0.05, 0) is 29.5 Å². The van der Waals surface area contributed by atoms with Crippen LogP contribution in [0.4, 0.5) is 0 Å². The second kappa shape index (κ2) is 7.12. The Labute approximate surface area is 152 Å². The Balaban J connectivity index is 1.55. The first-order valence-corrected chi connectivity index (χ1v) is 9.66. The molecule has 0 aliphatic carbocycles. The van der Waals surface area contributed by atoms with Gasteiger partial charge in [0.2, 0.25) is 0 Å². The van der Waals surface area contributed by atoms with E-state index in [1.54, 1.807) is 11.3 Å². The van der Waals surface area contributed by atoms with Gasteiger partial charge >= 0.3 is 0 Å². The zero-order chi connectivity index (χ0) is 17.2. The van der Waals surface area contributed by atoms with Crippen LogP contribution in [-0.4, -0.2) is 34.3 Å². The second-order valence-electron chi connectivity index (χ2n) is 6.86. The Morgan fingerprint density at radius 3 is 2.72 bits per heavy atom. The van der Waals surface area contributed by atoms with Crippen LogP contribution in [0.5, 0.6) is 0 Å². The SMILES string of the molecule is Cn1cc(CN2C[C@@H](CN)[C@H](c3ccccc3)C2)c(-c2cccs2)n1. The number of aryl methyl sites for hydroxylation is 1. The van der Waals surface area contributed by atoms with Crippen LogP contribution in [0.25, 0.3) is 10.6 Å². The zero-order valence-electron chi connectivity index (χ0n) is 14.5. The molecule has 1 saturated heterocycles. The highest BCUT2D eigenvalue weighted by molar-refractivity contribution is 7.13. The molecule has 0 bridgehead atoms. The van der Waals surface area contributed by atoms with Gasteiger partial charge in [-0.1, -0.05) is 36.4 Å². The predicted molar refractivity (Wildman–Crippen MR) is 104 cm³/mol. The third-order valence-electron chi connectivity index (χ3n) is 5.10. The van der Waals surface area contributed by atoms with Crippen molar-refractivity contribution in [3.8, 4) is 10.6 Å². The van der Waals surface area contributed by atoms with E-state index in [-0.39, 0.29) is 0 Å². The molecular weight excluding hydrogens is 328 g/mol. The Morgan fingerprint density at radius 1 is 1.16 bits per heavy atom. The molecule has 0 radical (unpaired) electrons. The molecule has 3 aromatic rings. The molecule has 3 heterocycles. The third-order valence-corrected chi connectivity index (χ3v) is 5.98. The summed E-state index contributed by atoms with van der Waals surface area (Å²) >= 11 is 1.75. The van der Waals surface area contributed by atoms with Gasteiger partial charge in [-0.3, -0.25) is 9.58 Å². The lowest BCUT2D eigenvalue weighted by atomic mass is 9.89. The normalized spacial score (nSPS) is 21.0. The number of nitrogens with two attached hydrogens (primary N) is 1. The summed E-state index contributed by atoms with van der Waals surface area (Å²) in [6.07, 6.45) is 2.16. The molecule has 2 aromatic heterocycles. The number of aromatic nitrogens is 2. The summed E-state index contributed by atoms with van der Waals surface area (Å²) in [6.45, 7) is 3.78. The average Bonchev–Trinajstić information content (AvgIpc) is 3.35. The number of thiophene rings is 1. The van der Waals surface area contributed by atoms with Crippen LogP contribution in [0.3, 0.4) is 0 Å². The van der Waals surface area contributed by atoms with Crippen LogP contribution < -0.4 is 5.73 Å². The molecule has 5 heteroatoms. The summed E-state index contributed by atoms with van der Waals surface area (Å²) in [7, 11) is 2.00. The van der Waals surface area contributed by atoms with Crippen LogP contribution in [0.1, 0.15) is 17.0 Å². The number of rotatable bonds is 5. The molecular formula is C20H24N4S. The van der Waals surface area contributed by atoms with Gasteiger partial charge in [0, 0.05) is 44.4 Å². The minimum atomic E-state index is 0.518. The average molecular weight is 353 g/mol. The predicted octanol–water partition coefficient (Wildman–Crippen LogP) is 3.32. The molecule has 4 rings (SSSR count). The number of likely N-dealkylation sites (tertiary alicyclic amines) is 1. The van der Waals surface area contributed by atoms with Crippen molar-refractivity contribution < 1.29 is 0 Å². The van der Waals surface area contributed by atoms with Crippen LogP contribution in [0.2, 0.25) is 0 Å². The Hall–Kier alpha value is -1.95. The standard InChI is InChI=1S/C20H24N4S/c1-23-11-17(20(22-23)19-8-5-9-25-19)13-24-12-16(10-21)18(14-24)15-6-3-2-4-7-15/h2-9,11,16,18H,10,12-14,21H2,1H3/t16-,18+/m1/s1. The van der Waals surface area contributed by atoms with Crippen molar-refractivity contribution in [3.63, 3.8) is 0 Å². The van der Waals surface area contributed by atoms with Gasteiger partial charge in [0.05, 0.1) is 4.88 Å². The van der Waals surface area contributed by atoms with Gasteiger partial charge in [-0.15, -0.1) is 11.3 Å². The lowest BCUT2D eigenvalue weighted by molar-refractivity contribution is 0.317. The topological polar surface area (TPSA) is 47.1 Å². The molecule has 4 nitrogen and oxygen atoms in total. The molecule has 0 spiro atoms. The zero-order valence-corrected chi connectivity index (χ0v) is 15.3. The number of hydrogen-bond donors (Lipinski definition) is 1. The molecule has 1 aliphatic heterocycles. The van der Waals surface area contributed by atoms with Crippen molar-refractivity contribution in [1.29, 1.82) is 0 Å². The van der Waals surface area contributed by atoms with E-state index in [9.17, 15) is 0 Å². The first-order chi connectivity index (χ1) is 12.2. The fourth-order valence-electron chi connectivity index (χ4n) is 3.92. The molecule has 0 amide bonds. The Morgan fingerprint density at radius 2 is 2.00 bits per heavy atom. The van der Waals surface area contributed by atoms with E-state index < -0.39 is 0 Å². The molecule has 25 heavy (non-hydrogen) atoms. The molecule has 2 N–H and O–H groups in total. The molecule has 0 saturated carbocycles. The van der Waals surface area contributed by atoms with Gasteiger partial charge < -0.3 is 5.73 Å². The lowest BCUT2D eigenvalue weighted by Crippen LogP contribution is -2.23. The lowest BCUT2D eigenvalue weighted by Gasteiger charge is -2.16. The summed E-state index contributed by atoms with van der Waals surface area (Å²) in [5.74, 6) is 1.04. The molecule has 1 aliphatic rings. The van der Waals surface area contributed by atoms with Crippen molar-refractivity contribution in [2.75, 3.05) is 19.6 Å². The largest absolute Gasteiger partial charge is 0.330 e. The Kier molecular flexibility index (Phi) is 4.70. The van der Waals surface area contributed by atoms with Crippen molar-refractivity contribution in [2.45, 2.75) is 12.5 Å². The maximum Gasteiger partial charge on any atom is 0.107 e. The summed E-state index contributed by atoms with van der Waals surface area (Å²) in [5, 5.41) is 6.80. The van der Waals surface area contributed by atoms with Crippen LogP contribution >= 0.6 is 11.3 Å². The fraction of sp³-hybridized carbons (Fsp3) is 0.350. The van der Waals surface area contributed by atoms with Gasteiger partial charge in [-0.2, -0.15) is 5.10 Å². The van der Waals surface area contributed by atoms with Gasteiger partial charge in [0.15, 0.2) is 0 Å². The highest BCUT2D eigenvalue weighted by atomic mass is 32.1. The van der Waals surface area contributed by atoms with Gasteiger partial charge in [0.1, 0.15) is 5.69 Å². The van der Waals surface area contributed by atoms with Crippen LogP contribution in [0, 0.1) is 5.92 Å². The van der Waals surface area contributed by atoms with E-state index in [0.717, 1.165) is 31.9 Å². The van der Waals surface area contributed by atoms with Crippen molar-refractivity contribution >= 4 is 11.3 Å². The van der Waals surface area contributed by atoms with E-state index in [0.29, 0.717) is 11.8 Å². The first kappa shape index (κ1) is 16.5.